The fourth-order valence-corrected chi connectivity index (χ4v) is 3.68. The van der Waals surface area contributed by atoms with E-state index in [9.17, 15) is 9.18 Å². The summed E-state index contributed by atoms with van der Waals surface area (Å²) in [6.07, 6.45) is 2.50. The summed E-state index contributed by atoms with van der Waals surface area (Å²) in [5, 5.41) is 2.84. The molecular formula is C23H23FN4O. The van der Waals surface area contributed by atoms with E-state index in [0.29, 0.717) is 30.0 Å². The molecule has 0 radical (unpaired) electrons. The van der Waals surface area contributed by atoms with Crippen molar-refractivity contribution in [2.24, 2.45) is 0 Å². The number of halogens is 1. The maximum absolute atomic E-state index is 13.7. The Morgan fingerprint density at radius 2 is 1.93 bits per heavy atom. The quantitative estimate of drug-likeness (QED) is 0.716. The van der Waals surface area contributed by atoms with Gasteiger partial charge in [0.1, 0.15) is 23.2 Å². The lowest BCUT2D eigenvalue weighted by Gasteiger charge is -2.30. The van der Waals surface area contributed by atoms with Gasteiger partial charge in [0, 0.05) is 24.8 Å². The van der Waals surface area contributed by atoms with Crippen molar-refractivity contribution in [3.05, 3.63) is 83.1 Å². The van der Waals surface area contributed by atoms with Gasteiger partial charge in [-0.25, -0.2) is 14.4 Å². The van der Waals surface area contributed by atoms with Gasteiger partial charge in [-0.3, -0.25) is 4.79 Å². The highest BCUT2D eigenvalue weighted by Crippen LogP contribution is 2.32. The number of fused-ring (bicyclic) bond motifs is 1. The molecule has 0 fully saturated rings. The van der Waals surface area contributed by atoms with Crippen LogP contribution < -0.4 is 10.2 Å². The molecule has 6 heteroatoms. The van der Waals surface area contributed by atoms with Crippen molar-refractivity contribution >= 4 is 17.4 Å². The average Bonchev–Trinajstić information content (AvgIpc) is 2.74. The SMILES string of the molecule is Cc1nc(C(=O)NCCc2ccccc2F)cc(N2CCCc3ccccc32)n1. The van der Waals surface area contributed by atoms with Gasteiger partial charge >= 0.3 is 0 Å². The highest BCUT2D eigenvalue weighted by atomic mass is 19.1. The number of carbonyl (C=O) groups excluding carboxylic acids is 1. The summed E-state index contributed by atoms with van der Waals surface area (Å²) in [4.78, 5) is 23.6. The Morgan fingerprint density at radius 3 is 2.79 bits per heavy atom. The minimum Gasteiger partial charge on any atom is -0.350 e. The van der Waals surface area contributed by atoms with E-state index in [1.54, 1.807) is 31.2 Å². The lowest BCUT2D eigenvalue weighted by atomic mass is 10.0. The summed E-state index contributed by atoms with van der Waals surface area (Å²) in [6.45, 7) is 2.97. The maximum atomic E-state index is 13.7. The summed E-state index contributed by atoms with van der Waals surface area (Å²) < 4.78 is 13.7. The highest BCUT2D eigenvalue weighted by Gasteiger charge is 2.21. The molecule has 3 aromatic rings. The number of amides is 1. The fraction of sp³-hybridized carbons (Fsp3) is 0.261. The monoisotopic (exact) mass is 390 g/mol. The van der Waals surface area contributed by atoms with E-state index < -0.39 is 0 Å². The zero-order valence-corrected chi connectivity index (χ0v) is 16.4. The van der Waals surface area contributed by atoms with Crippen LogP contribution in [0.1, 0.15) is 33.9 Å². The molecule has 0 aliphatic carbocycles. The lowest BCUT2D eigenvalue weighted by Crippen LogP contribution is -2.29. The van der Waals surface area contributed by atoms with Gasteiger partial charge in [-0.2, -0.15) is 0 Å². The van der Waals surface area contributed by atoms with Crippen LogP contribution in [0.25, 0.3) is 0 Å². The second-order valence-electron chi connectivity index (χ2n) is 7.14. The Bertz CT molecular complexity index is 1040. The molecule has 4 rings (SSSR count). The van der Waals surface area contributed by atoms with E-state index in [1.165, 1.54) is 11.6 Å². The minimum atomic E-state index is -0.279. The van der Waals surface area contributed by atoms with Gasteiger partial charge in [0.25, 0.3) is 5.91 Å². The van der Waals surface area contributed by atoms with Crippen LogP contribution in [0.4, 0.5) is 15.9 Å². The molecule has 0 spiro atoms. The molecule has 2 aromatic carbocycles. The summed E-state index contributed by atoms with van der Waals surface area (Å²) in [5.41, 5.74) is 3.31. The molecule has 1 aromatic heterocycles. The molecule has 5 nitrogen and oxygen atoms in total. The van der Waals surface area contributed by atoms with Gasteiger partial charge in [-0.05, 0) is 49.4 Å². The molecule has 0 unspecified atom stereocenters. The number of rotatable bonds is 5. The third kappa shape index (κ3) is 4.26. The van der Waals surface area contributed by atoms with Crippen LogP contribution in [-0.2, 0) is 12.8 Å². The molecule has 148 valence electrons. The summed E-state index contributed by atoms with van der Waals surface area (Å²) >= 11 is 0. The van der Waals surface area contributed by atoms with Gasteiger partial charge in [-0.1, -0.05) is 36.4 Å². The van der Waals surface area contributed by atoms with E-state index in [0.717, 1.165) is 30.9 Å². The molecule has 1 aliphatic rings. The Labute approximate surface area is 169 Å². The molecule has 0 atom stereocenters. The number of nitrogens with zero attached hydrogens (tertiary/aromatic N) is 3. The van der Waals surface area contributed by atoms with E-state index in [-0.39, 0.29) is 11.7 Å². The van der Waals surface area contributed by atoms with Gasteiger partial charge in [0.05, 0.1) is 0 Å². The van der Waals surface area contributed by atoms with Gasteiger partial charge in [0.2, 0.25) is 0 Å². The number of anilines is 2. The number of para-hydroxylation sites is 1. The van der Waals surface area contributed by atoms with E-state index in [2.05, 4.69) is 32.3 Å². The first-order valence-electron chi connectivity index (χ1n) is 9.84. The lowest BCUT2D eigenvalue weighted by molar-refractivity contribution is 0.0948. The second kappa shape index (κ2) is 8.39. The Kier molecular flexibility index (Phi) is 5.51. The fourth-order valence-electron chi connectivity index (χ4n) is 3.68. The van der Waals surface area contributed by atoms with Gasteiger partial charge in [-0.15, -0.1) is 0 Å². The molecular weight excluding hydrogens is 367 g/mol. The zero-order valence-electron chi connectivity index (χ0n) is 16.4. The summed E-state index contributed by atoms with van der Waals surface area (Å²) in [5.74, 6) is 0.734. The van der Waals surface area contributed by atoms with Crippen molar-refractivity contribution in [3.63, 3.8) is 0 Å². The first kappa shape index (κ1) is 19.1. The molecule has 1 amide bonds. The van der Waals surface area contributed by atoms with Crippen molar-refractivity contribution in [3.8, 4) is 0 Å². The van der Waals surface area contributed by atoms with Gasteiger partial charge in [0.15, 0.2) is 0 Å². The number of carbonyl (C=O) groups is 1. The van der Waals surface area contributed by atoms with Crippen molar-refractivity contribution in [1.29, 1.82) is 0 Å². The molecule has 1 N–H and O–H groups in total. The summed E-state index contributed by atoms with van der Waals surface area (Å²) in [6, 6.07) is 16.6. The Hall–Kier alpha value is -3.28. The second-order valence-corrected chi connectivity index (χ2v) is 7.14. The molecule has 0 saturated carbocycles. The van der Waals surface area contributed by atoms with Crippen molar-refractivity contribution in [2.75, 3.05) is 18.0 Å². The standard InChI is InChI=1S/C23H23FN4O/c1-16-26-20(23(29)25-13-12-17-7-2-4-10-19(17)24)15-22(27-16)28-14-6-9-18-8-3-5-11-21(18)28/h2-5,7-8,10-11,15H,6,9,12-14H2,1H3,(H,25,29). The molecule has 1 aliphatic heterocycles. The summed E-state index contributed by atoms with van der Waals surface area (Å²) in [7, 11) is 0. The van der Waals surface area contributed by atoms with Crippen LogP contribution in [0.2, 0.25) is 0 Å². The van der Waals surface area contributed by atoms with Crippen LogP contribution in [0, 0.1) is 12.7 Å². The predicted molar refractivity (Wildman–Crippen MR) is 111 cm³/mol. The number of nitrogens with one attached hydrogen (secondary N) is 1. The number of hydrogen-bond acceptors (Lipinski definition) is 4. The molecule has 2 heterocycles. The van der Waals surface area contributed by atoms with E-state index >= 15 is 0 Å². The zero-order chi connectivity index (χ0) is 20.2. The molecule has 29 heavy (non-hydrogen) atoms. The first-order chi connectivity index (χ1) is 14.1. The third-order valence-corrected chi connectivity index (χ3v) is 5.08. The van der Waals surface area contributed by atoms with Crippen LogP contribution in [-0.4, -0.2) is 29.0 Å². The number of hydrogen-bond donors (Lipinski definition) is 1. The smallest absolute Gasteiger partial charge is 0.270 e. The van der Waals surface area contributed by atoms with Crippen molar-refractivity contribution in [1.82, 2.24) is 15.3 Å². The van der Waals surface area contributed by atoms with Crippen molar-refractivity contribution in [2.45, 2.75) is 26.2 Å². The van der Waals surface area contributed by atoms with E-state index in [1.807, 2.05) is 12.1 Å². The number of aromatic nitrogens is 2. The Morgan fingerprint density at radius 1 is 1.14 bits per heavy atom. The minimum absolute atomic E-state index is 0.259. The topological polar surface area (TPSA) is 58.1 Å². The largest absolute Gasteiger partial charge is 0.350 e. The third-order valence-electron chi connectivity index (χ3n) is 5.08. The predicted octanol–water partition coefficient (Wildman–Crippen LogP) is 3.98. The van der Waals surface area contributed by atoms with Gasteiger partial charge < -0.3 is 10.2 Å². The molecule has 0 bridgehead atoms. The first-order valence-corrected chi connectivity index (χ1v) is 9.84. The number of aryl methyl sites for hydroxylation is 2. The van der Waals surface area contributed by atoms with E-state index in [4.69, 9.17) is 0 Å². The van der Waals surface area contributed by atoms with Crippen LogP contribution in [0.15, 0.2) is 54.6 Å². The Balaban J connectivity index is 1.50. The van der Waals surface area contributed by atoms with Crippen LogP contribution in [0.5, 0.6) is 0 Å². The maximum Gasteiger partial charge on any atom is 0.270 e. The highest BCUT2D eigenvalue weighted by molar-refractivity contribution is 5.93. The van der Waals surface area contributed by atoms with Crippen molar-refractivity contribution < 1.29 is 9.18 Å². The van der Waals surface area contributed by atoms with Crippen LogP contribution in [0.3, 0.4) is 0 Å². The average molecular weight is 390 g/mol. The normalized spacial score (nSPS) is 13.1. The van der Waals surface area contributed by atoms with Crippen LogP contribution >= 0.6 is 0 Å². The molecule has 0 saturated heterocycles. The number of benzene rings is 2.